The number of amides is 1. The van der Waals surface area contributed by atoms with Gasteiger partial charge in [0.1, 0.15) is 0 Å². The SMILES string of the molecule is C#Cc1ccc(C2CCN(C(=O)O)CC2)cc1. The minimum Gasteiger partial charge on any atom is -0.465 e. The Balaban J connectivity index is 2.00. The zero-order valence-electron chi connectivity index (χ0n) is 9.60. The van der Waals surface area contributed by atoms with E-state index < -0.39 is 6.09 Å². The Morgan fingerprint density at radius 1 is 1.29 bits per heavy atom. The summed E-state index contributed by atoms with van der Waals surface area (Å²) < 4.78 is 0. The molecule has 3 nitrogen and oxygen atoms in total. The van der Waals surface area contributed by atoms with Gasteiger partial charge in [-0.15, -0.1) is 6.42 Å². The van der Waals surface area contributed by atoms with Gasteiger partial charge < -0.3 is 10.0 Å². The lowest BCUT2D eigenvalue weighted by atomic mass is 9.89. The highest BCUT2D eigenvalue weighted by Crippen LogP contribution is 2.28. The molecule has 0 bridgehead atoms. The number of carboxylic acid groups (broad SMARTS) is 1. The largest absolute Gasteiger partial charge is 0.465 e. The number of benzene rings is 1. The van der Waals surface area contributed by atoms with Gasteiger partial charge >= 0.3 is 6.09 Å². The van der Waals surface area contributed by atoms with Gasteiger partial charge in [0, 0.05) is 18.7 Å². The molecule has 1 aromatic rings. The normalized spacial score (nSPS) is 16.5. The Morgan fingerprint density at radius 2 is 1.88 bits per heavy atom. The summed E-state index contributed by atoms with van der Waals surface area (Å²) in [6.45, 7) is 1.24. The predicted molar refractivity (Wildman–Crippen MR) is 65.9 cm³/mol. The first kappa shape index (κ1) is 11.5. The van der Waals surface area contributed by atoms with Gasteiger partial charge in [-0.1, -0.05) is 18.1 Å². The lowest BCUT2D eigenvalue weighted by molar-refractivity contribution is 0.132. The number of piperidine rings is 1. The molecule has 1 amide bonds. The number of hydrogen-bond acceptors (Lipinski definition) is 1. The van der Waals surface area contributed by atoms with Crippen LogP contribution in [-0.4, -0.2) is 29.2 Å². The zero-order valence-corrected chi connectivity index (χ0v) is 9.60. The highest BCUT2D eigenvalue weighted by molar-refractivity contribution is 5.65. The lowest BCUT2D eigenvalue weighted by Gasteiger charge is -2.30. The first-order valence-corrected chi connectivity index (χ1v) is 5.75. The number of carbonyl (C=O) groups is 1. The van der Waals surface area contributed by atoms with Gasteiger partial charge in [0.05, 0.1) is 0 Å². The van der Waals surface area contributed by atoms with E-state index in [0.29, 0.717) is 19.0 Å². The van der Waals surface area contributed by atoms with Gasteiger partial charge in [-0.25, -0.2) is 4.79 Å². The van der Waals surface area contributed by atoms with E-state index in [1.807, 2.05) is 12.1 Å². The third-order valence-electron chi connectivity index (χ3n) is 3.31. The third kappa shape index (κ3) is 2.59. The summed E-state index contributed by atoms with van der Waals surface area (Å²) in [4.78, 5) is 12.3. The van der Waals surface area contributed by atoms with E-state index in [4.69, 9.17) is 11.5 Å². The van der Waals surface area contributed by atoms with Crippen LogP contribution in [0.25, 0.3) is 0 Å². The fourth-order valence-corrected chi connectivity index (χ4v) is 2.26. The molecular formula is C14H15NO2. The van der Waals surface area contributed by atoms with Gasteiger partial charge in [-0.2, -0.15) is 0 Å². The summed E-state index contributed by atoms with van der Waals surface area (Å²) >= 11 is 0. The van der Waals surface area contributed by atoms with Crippen LogP contribution in [0.5, 0.6) is 0 Å². The van der Waals surface area contributed by atoms with E-state index in [1.165, 1.54) is 10.5 Å². The molecule has 0 saturated carbocycles. The van der Waals surface area contributed by atoms with Gasteiger partial charge in [0.15, 0.2) is 0 Å². The smallest absolute Gasteiger partial charge is 0.407 e. The van der Waals surface area contributed by atoms with Crippen LogP contribution in [0.15, 0.2) is 24.3 Å². The average molecular weight is 229 g/mol. The molecule has 1 N–H and O–H groups in total. The van der Waals surface area contributed by atoms with Crippen LogP contribution in [0.1, 0.15) is 29.9 Å². The van der Waals surface area contributed by atoms with Crippen LogP contribution >= 0.6 is 0 Å². The molecule has 0 atom stereocenters. The quantitative estimate of drug-likeness (QED) is 0.752. The van der Waals surface area contributed by atoms with E-state index >= 15 is 0 Å². The monoisotopic (exact) mass is 229 g/mol. The van der Waals surface area contributed by atoms with Crippen LogP contribution in [0.3, 0.4) is 0 Å². The van der Waals surface area contributed by atoms with Gasteiger partial charge in [-0.05, 0) is 36.5 Å². The number of nitrogens with zero attached hydrogens (tertiary/aromatic N) is 1. The molecule has 1 aliphatic rings. The van der Waals surface area contributed by atoms with Crippen molar-refractivity contribution in [2.45, 2.75) is 18.8 Å². The van der Waals surface area contributed by atoms with E-state index in [2.05, 4.69) is 18.1 Å². The molecular weight excluding hydrogens is 214 g/mol. The molecule has 2 rings (SSSR count). The topological polar surface area (TPSA) is 40.5 Å². The van der Waals surface area contributed by atoms with Crippen molar-refractivity contribution in [3.05, 3.63) is 35.4 Å². The number of terminal acetylenes is 1. The Labute approximate surface area is 101 Å². The van der Waals surface area contributed by atoms with Crippen molar-refractivity contribution in [2.24, 2.45) is 0 Å². The fraction of sp³-hybridized carbons (Fsp3) is 0.357. The first-order valence-electron chi connectivity index (χ1n) is 5.75. The minimum absolute atomic E-state index is 0.456. The minimum atomic E-state index is -0.814. The molecule has 88 valence electrons. The molecule has 17 heavy (non-hydrogen) atoms. The molecule has 1 heterocycles. The Hall–Kier alpha value is -1.95. The van der Waals surface area contributed by atoms with E-state index in [-0.39, 0.29) is 0 Å². The van der Waals surface area contributed by atoms with Crippen molar-refractivity contribution in [3.8, 4) is 12.3 Å². The maximum atomic E-state index is 10.8. The predicted octanol–water partition coefficient (Wildman–Crippen LogP) is 2.53. The summed E-state index contributed by atoms with van der Waals surface area (Å²) in [5.74, 6) is 3.05. The second-order valence-corrected chi connectivity index (χ2v) is 4.31. The molecule has 1 fully saturated rings. The fourth-order valence-electron chi connectivity index (χ4n) is 2.26. The number of likely N-dealkylation sites (tertiary alicyclic amines) is 1. The molecule has 0 unspecified atom stereocenters. The Kier molecular flexibility index (Phi) is 3.34. The second-order valence-electron chi connectivity index (χ2n) is 4.31. The lowest BCUT2D eigenvalue weighted by Crippen LogP contribution is -2.36. The van der Waals surface area contributed by atoms with E-state index in [0.717, 1.165) is 18.4 Å². The van der Waals surface area contributed by atoms with Crippen LogP contribution < -0.4 is 0 Å². The number of rotatable bonds is 1. The molecule has 0 aliphatic carbocycles. The molecule has 1 saturated heterocycles. The summed E-state index contributed by atoms with van der Waals surface area (Å²) in [5.41, 5.74) is 2.14. The van der Waals surface area contributed by atoms with Gasteiger partial charge in [0.2, 0.25) is 0 Å². The maximum absolute atomic E-state index is 10.8. The third-order valence-corrected chi connectivity index (χ3v) is 3.31. The molecule has 0 spiro atoms. The highest BCUT2D eigenvalue weighted by Gasteiger charge is 2.22. The average Bonchev–Trinajstić information content (AvgIpc) is 2.39. The highest BCUT2D eigenvalue weighted by atomic mass is 16.4. The van der Waals surface area contributed by atoms with Gasteiger partial charge in [0.25, 0.3) is 0 Å². The molecule has 0 radical (unpaired) electrons. The first-order chi connectivity index (χ1) is 8.20. The molecule has 0 aromatic heterocycles. The van der Waals surface area contributed by atoms with Crippen molar-refractivity contribution in [2.75, 3.05) is 13.1 Å². The van der Waals surface area contributed by atoms with Crippen LogP contribution in [-0.2, 0) is 0 Å². The second kappa shape index (κ2) is 4.92. The van der Waals surface area contributed by atoms with Crippen molar-refractivity contribution in [1.82, 2.24) is 4.90 Å². The van der Waals surface area contributed by atoms with Gasteiger partial charge in [-0.3, -0.25) is 0 Å². The molecule has 1 aliphatic heterocycles. The van der Waals surface area contributed by atoms with Crippen LogP contribution in [0.2, 0.25) is 0 Å². The molecule has 3 heteroatoms. The summed E-state index contributed by atoms with van der Waals surface area (Å²) in [6.07, 6.45) is 6.28. The maximum Gasteiger partial charge on any atom is 0.407 e. The van der Waals surface area contributed by atoms with Crippen molar-refractivity contribution < 1.29 is 9.90 Å². The summed E-state index contributed by atoms with van der Waals surface area (Å²) in [6, 6.07) is 7.99. The van der Waals surface area contributed by atoms with E-state index in [1.54, 1.807) is 0 Å². The van der Waals surface area contributed by atoms with E-state index in [9.17, 15) is 4.79 Å². The summed E-state index contributed by atoms with van der Waals surface area (Å²) in [5, 5.41) is 8.87. The van der Waals surface area contributed by atoms with Crippen molar-refractivity contribution in [1.29, 1.82) is 0 Å². The Morgan fingerprint density at radius 3 is 2.35 bits per heavy atom. The van der Waals surface area contributed by atoms with Crippen LogP contribution in [0, 0.1) is 12.3 Å². The zero-order chi connectivity index (χ0) is 12.3. The Bertz CT molecular complexity index is 436. The standard InChI is InChI=1S/C14H15NO2/c1-2-11-3-5-12(6-4-11)13-7-9-15(10-8-13)14(16)17/h1,3-6,13H,7-10H2,(H,16,17). The summed E-state index contributed by atoms with van der Waals surface area (Å²) in [7, 11) is 0. The van der Waals surface area contributed by atoms with Crippen molar-refractivity contribution in [3.63, 3.8) is 0 Å². The van der Waals surface area contributed by atoms with Crippen LogP contribution in [0.4, 0.5) is 4.79 Å². The van der Waals surface area contributed by atoms with Crippen molar-refractivity contribution >= 4 is 6.09 Å². The molecule has 1 aromatic carbocycles. The number of hydrogen-bond donors (Lipinski definition) is 1.